The minimum absolute atomic E-state index is 0.825. The number of nitrogens with zero attached hydrogens (tertiary/aromatic N) is 4. The molecule has 3 heterocycles. The maximum absolute atomic E-state index is 5.26. The van der Waals surface area contributed by atoms with Crippen molar-refractivity contribution in [3.8, 4) is 11.4 Å². The average molecular weight is 384 g/mol. The summed E-state index contributed by atoms with van der Waals surface area (Å²) < 4.78 is 7.41. The van der Waals surface area contributed by atoms with Gasteiger partial charge < -0.3 is 9.30 Å². The Balaban J connectivity index is 1.49. The Kier molecular flexibility index (Phi) is 5.50. The van der Waals surface area contributed by atoms with E-state index in [9.17, 15) is 0 Å². The summed E-state index contributed by atoms with van der Waals surface area (Å²) in [4.78, 5) is 7.07. The molecule has 27 heavy (non-hydrogen) atoms. The van der Waals surface area contributed by atoms with Gasteiger partial charge in [-0.3, -0.25) is 10.00 Å². The molecule has 1 N–H and O–H groups in total. The molecule has 0 radical (unpaired) electrons. The quantitative estimate of drug-likeness (QED) is 0.679. The van der Waals surface area contributed by atoms with E-state index in [1.54, 1.807) is 7.11 Å². The fourth-order valence-corrected chi connectivity index (χ4v) is 3.98. The average Bonchev–Trinajstić information content (AvgIpc) is 3.33. The smallest absolute Gasteiger partial charge is 0.127 e. The van der Waals surface area contributed by atoms with Gasteiger partial charge in [0.25, 0.3) is 0 Å². The zero-order valence-electron chi connectivity index (χ0n) is 15.8. The van der Waals surface area contributed by atoms with E-state index in [-0.39, 0.29) is 0 Å². The van der Waals surface area contributed by atoms with Crippen LogP contribution < -0.4 is 4.74 Å². The van der Waals surface area contributed by atoms with Crippen LogP contribution in [0.4, 0.5) is 0 Å². The first-order valence-electron chi connectivity index (χ1n) is 9.21. The number of aromatic nitrogens is 4. The molecule has 2 aromatic heterocycles. The highest BCUT2D eigenvalue weighted by Crippen LogP contribution is 2.23. The summed E-state index contributed by atoms with van der Waals surface area (Å²) in [5.74, 6) is 3.03. The largest absolute Gasteiger partial charge is 0.497 e. The van der Waals surface area contributed by atoms with Crippen molar-refractivity contribution in [3.05, 3.63) is 59.4 Å². The van der Waals surface area contributed by atoms with Crippen molar-refractivity contribution in [1.29, 1.82) is 0 Å². The Bertz CT molecular complexity index is 886. The third-order valence-electron chi connectivity index (χ3n) is 5.07. The first-order valence-corrected chi connectivity index (χ1v) is 10.6. The first-order chi connectivity index (χ1) is 13.3. The highest BCUT2D eigenvalue weighted by Gasteiger charge is 2.23. The number of aromatic amines is 1. The van der Waals surface area contributed by atoms with E-state index < -0.39 is 0 Å². The lowest BCUT2D eigenvalue weighted by molar-refractivity contribution is 0.237. The van der Waals surface area contributed by atoms with Crippen molar-refractivity contribution in [2.24, 2.45) is 0 Å². The summed E-state index contributed by atoms with van der Waals surface area (Å²) in [6.07, 6.45) is 8.08. The van der Waals surface area contributed by atoms with Crippen molar-refractivity contribution >= 4 is 11.8 Å². The van der Waals surface area contributed by atoms with Crippen LogP contribution in [-0.2, 0) is 25.9 Å². The SMILES string of the molecule is COc1ccc(-n2ccnc2CN2CCc3[nH]nc(CCSC)c3C2)cc1. The second kappa shape index (κ2) is 8.19. The monoisotopic (exact) mass is 383 g/mol. The van der Waals surface area contributed by atoms with Crippen molar-refractivity contribution in [1.82, 2.24) is 24.6 Å². The lowest BCUT2D eigenvalue weighted by Gasteiger charge is -2.27. The van der Waals surface area contributed by atoms with Gasteiger partial charge in [-0.25, -0.2) is 4.98 Å². The molecule has 7 heteroatoms. The highest BCUT2D eigenvalue weighted by molar-refractivity contribution is 7.98. The predicted molar refractivity (Wildman–Crippen MR) is 109 cm³/mol. The Hall–Kier alpha value is -2.25. The van der Waals surface area contributed by atoms with Gasteiger partial charge in [0, 0.05) is 55.3 Å². The molecule has 3 aromatic rings. The Morgan fingerprint density at radius 2 is 2.11 bits per heavy atom. The summed E-state index contributed by atoms with van der Waals surface area (Å²) >= 11 is 1.87. The molecule has 0 spiro atoms. The molecule has 1 aliphatic rings. The number of methoxy groups -OCH3 is 1. The molecule has 0 unspecified atom stereocenters. The molecule has 0 saturated carbocycles. The zero-order chi connectivity index (χ0) is 18.6. The van der Waals surface area contributed by atoms with E-state index in [4.69, 9.17) is 4.74 Å². The van der Waals surface area contributed by atoms with Crippen LogP contribution in [0.2, 0.25) is 0 Å². The molecule has 142 valence electrons. The molecule has 0 fully saturated rings. The third kappa shape index (κ3) is 3.89. The van der Waals surface area contributed by atoms with Crippen LogP contribution in [0.25, 0.3) is 5.69 Å². The maximum Gasteiger partial charge on any atom is 0.127 e. The summed E-state index contributed by atoms with van der Waals surface area (Å²) in [5.41, 5.74) is 5.02. The Labute approximate surface area is 163 Å². The second-order valence-corrected chi connectivity index (χ2v) is 7.73. The number of ether oxygens (including phenoxy) is 1. The molecule has 1 aliphatic heterocycles. The third-order valence-corrected chi connectivity index (χ3v) is 5.69. The van der Waals surface area contributed by atoms with Gasteiger partial charge in [-0.05, 0) is 36.3 Å². The fourth-order valence-electron chi connectivity index (χ4n) is 3.58. The van der Waals surface area contributed by atoms with Crippen molar-refractivity contribution < 1.29 is 4.74 Å². The summed E-state index contributed by atoms with van der Waals surface area (Å²) in [6, 6.07) is 8.09. The van der Waals surface area contributed by atoms with E-state index >= 15 is 0 Å². The molecule has 0 amide bonds. The molecule has 0 bridgehead atoms. The normalized spacial score (nSPS) is 14.3. The summed E-state index contributed by atoms with van der Waals surface area (Å²) in [7, 11) is 1.69. The van der Waals surface area contributed by atoms with Gasteiger partial charge in [0.2, 0.25) is 0 Å². The number of H-pyrrole nitrogens is 1. The van der Waals surface area contributed by atoms with Gasteiger partial charge in [0.05, 0.1) is 19.3 Å². The highest BCUT2D eigenvalue weighted by atomic mass is 32.2. The lowest BCUT2D eigenvalue weighted by Crippen LogP contribution is -2.31. The number of aryl methyl sites for hydroxylation is 1. The van der Waals surface area contributed by atoms with Crippen molar-refractivity contribution in [2.75, 3.05) is 25.7 Å². The molecular weight excluding hydrogens is 358 g/mol. The topological polar surface area (TPSA) is 59.0 Å². The Morgan fingerprint density at radius 3 is 2.89 bits per heavy atom. The number of nitrogens with one attached hydrogen (secondary N) is 1. The molecule has 4 rings (SSSR count). The number of fused-ring (bicyclic) bond motifs is 1. The van der Waals surface area contributed by atoms with Crippen LogP contribution >= 0.6 is 11.8 Å². The first kappa shape index (κ1) is 18.1. The molecule has 6 nitrogen and oxygen atoms in total. The van der Waals surface area contributed by atoms with E-state index in [1.165, 1.54) is 17.0 Å². The standard InChI is InChI=1S/C20H25N5OS/c1-26-16-5-3-15(4-6-16)25-11-9-21-20(25)14-24-10-7-18-17(13-24)19(23-22-18)8-12-27-2/h3-6,9,11H,7-8,10,12-14H2,1-2H3,(H,22,23). The van der Waals surface area contributed by atoms with Gasteiger partial charge in [0.1, 0.15) is 11.6 Å². The van der Waals surface area contributed by atoms with Crippen molar-refractivity contribution in [3.63, 3.8) is 0 Å². The summed E-state index contributed by atoms with van der Waals surface area (Å²) in [5, 5.41) is 7.79. The van der Waals surface area contributed by atoms with Crippen molar-refractivity contribution in [2.45, 2.75) is 25.9 Å². The van der Waals surface area contributed by atoms with Crippen LogP contribution in [0.1, 0.15) is 22.8 Å². The molecule has 1 aromatic carbocycles. The van der Waals surface area contributed by atoms with Crippen LogP contribution in [0, 0.1) is 0 Å². The Morgan fingerprint density at radius 1 is 1.26 bits per heavy atom. The number of imidazole rings is 1. The van der Waals surface area contributed by atoms with E-state index in [0.717, 1.165) is 55.5 Å². The maximum atomic E-state index is 5.26. The molecule has 0 aliphatic carbocycles. The van der Waals surface area contributed by atoms with Crippen LogP contribution in [-0.4, -0.2) is 50.3 Å². The van der Waals surface area contributed by atoms with Crippen LogP contribution in [0.15, 0.2) is 36.7 Å². The van der Waals surface area contributed by atoms with E-state index in [2.05, 4.69) is 43.0 Å². The van der Waals surface area contributed by atoms with E-state index in [0.29, 0.717) is 0 Å². The predicted octanol–water partition coefficient (Wildman–Crippen LogP) is 3.07. The second-order valence-electron chi connectivity index (χ2n) is 6.74. The summed E-state index contributed by atoms with van der Waals surface area (Å²) in [6.45, 7) is 2.78. The fraction of sp³-hybridized carbons (Fsp3) is 0.400. The number of hydrogen-bond donors (Lipinski definition) is 1. The van der Waals surface area contributed by atoms with Gasteiger partial charge in [-0.1, -0.05) is 0 Å². The van der Waals surface area contributed by atoms with E-state index in [1.807, 2.05) is 36.3 Å². The minimum Gasteiger partial charge on any atom is -0.497 e. The molecular formula is C20H25N5OS. The molecule has 0 atom stereocenters. The molecule has 0 saturated heterocycles. The zero-order valence-corrected chi connectivity index (χ0v) is 16.6. The van der Waals surface area contributed by atoms with Crippen LogP contribution in [0.3, 0.4) is 0 Å². The minimum atomic E-state index is 0.825. The number of benzene rings is 1. The number of hydrogen-bond acceptors (Lipinski definition) is 5. The number of thioether (sulfide) groups is 1. The van der Waals surface area contributed by atoms with Gasteiger partial charge in [0.15, 0.2) is 0 Å². The number of rotatable bonds is 7. The van der Waals surface area contributed by atoms with Gasteiger partial charge >= 0.3 is 0 Å². The van der Waals surface area contributed by atoms with Crippen LogP contribution in [0.5, 0.6) is 5.75 Å². The van der Waals surface area contributed by atoms with Gasteiger partial charge in [-0.2, -0.15) is 16.9 Å². The lowest BCUT2D eigenvalue weighted by atomic mass is 10.0. The van der Waals surface area contributed by atoms with Gasteiger partial charge in [-0.15, -0.1) is 0 Å².